The lowest BCUT2D eigenvalue weighted by molar-refractivity contribution is 0.0936. The molecule has 1 amide bonds. The molecule has 3 rings (SSSR count). The molecule has 1 aliphatic rings. The third-order valence-corrected chi connectivity index (χ3v) is 4.93. The molecule has 0 spiro atoms. The lowest BCUT2D eigenvalue weighted by Gasteiger charge is -2.21. The van der Waals surface area contributed by atoms with Gasteiger partial charge in [-0.2, -0.15) is 0 Å². The van der Waals surface area contributed by atoms with Crippen LogP contribution >= 0.6 is 0 Å². The number of rotatable bonds is 6. The standard InChI is InChI=1S/C19H26N4O2/c1-2-3-12-23-17-15(10-7-11-20-17)22-16(19(23)25)18(24)21-13-14-8-5-4-6-9-14/h7,10-11,14H,2-6,8-9,12-13H2,1H3,(H,21,24). The highest BCUT2D eigenvalue weighted by atomic mass is 16.2. The van der Waals surface area contributed by atoms with E-state index >= 15 is 0 Å². The summed E-state index contributed by atoms with van der Waals surface area (Å²) in [7, 11) is 0. The van der Waals surface area contributed by atoms with E-state index in [1.165, 1.54) is 19.3 Å². The quantitative estimate of drug-likeness (QED) is 0.876. The van der Waals surface area contributed by atoms with E-state index in [0.29, 0.717) is 30.2 Å². The zero-order valence-corrected chi connectivity index (χ0v) is 14.8. The molecule has 0 saturated heterocycles. The van der Waals surface area contributed by atoms with Crippen molar-refractivity contribution in [3.8, 4) is 0 Å². The van der Waals surface area contributed by atoms with Crippen LogP contribution < -0.4 is 10.9 Å². The van der Waals surface area contributed by atoms with Gasteiger partial charge in [0.15, 0.2) is 11.3 Å². The predicted molar refractivity (Wildman–Crippen MR) is 97.6 cm³/mol. The van der Waals surface area contributed by atoms with Crippen molar-refractivity contribution in [2.75, 3.05) is 6.54 Å². The Labute approximate surface area is 147 Å². The first-order valence-electron chi connectivity index (χ1n) is 9.34. The Kier molecular flexibility index (Phi) is 5.79. The van der Waals surface area contributed by atoms with Crippen molar-refractivity contribution in [1.82, 2.24) is 19.9 Å². The van der Waals surface area contributed by atoms with Gasteiger partial charge in [0.1, 0.15) is 5.52 Å². The Morgan fingerprint density at radius 1 is 1.32 bits per heavy atom. The zero-order valence-electron chi connectivity index (χ0n) is 14.8. The number of nitrogens with zero attached hydrogens (tertiary/aromatic N) is 3. The van der Waals surface area contributed by atoms with Crippen LogP contribution in [0.2, 0.25) is 0 Å². The minimum Gasteiger partial charge on any atom is -0.350 e. The van der Waals surface area contributed by atoms with E-state index in [1.807, 2.05) is 0 Å². The van der Waals surface area contributed by atoms with Gasteiger partial charge in [-0.05, 0) is 37.3 Å². The minimum absolute atomic E-state index is 0.0209. The Hall–Kier alpha value is -2.24. The summed E-state index contributed by atoms with van der Waals surface area (Å²) in [4.78, 5) is 33.9. The zero-order chi connectivity index (χ0) is 17.6. The summed E-state index contributed by atoms with van der Waals surface area (Å²) in [5.41, 5.74) is 0.763. The van der Waals surface area contributed by atoms with E-state index in [9.17, 15) is 9.59 Å². The van der Waals surface area contributed by atoms with Gasteiger partial charge in [0, 0.05) is 19.3 Å². The predicted octanol–water partition coefficient (Wildman–Crippen LogP) is 2.90. The van der Waals surface area contributed by atoms with Gasteiger partial charge in [-0.3, -0.25) is 14.2 Å². The number of hydrogen-bond donors (Lipinski definition) is 1. The van der Waals surface area contributed by atoms with Crippen LogP contribution in [0.25, 0.3) is 11.2 Å². The number of nitrogens with one attached hydrogen (secondary N) is 1. The fourth-order valence-corrected chi connectivity index (χ4v) is 3.46. The van der Waals surface area contributed by atoms with Crippen LogP contribution in [0.4, 0.5) is 0 Å². The number of amides is 1. The fraction of sp³-hybridized carbons (Fsp3) is 0.579. The summed E-state index contributed by atoms with van der Waals surface area (Å²) in [5, 5.41) is 2.92. The third kappa shape index (κ3) is 4.06. The molecule has 0 unspecified atom stereocenters. The molecule has 134 valence electrons. The molecule has 1 aliphatic carbocycles. The molecule has 0 bridgehead atoms. The number of hydrogen-bond acceptors (Lipinski definition) is 4. The largest absolute Gasteiger partial charge is 0.350 e. The van der Waals surface area contributed by atoms with Crippen molar-refractivity contribution in [1.29, 1.82) is 0 Å². The second-order valence-electron chi connectivity index (χ2n) is 6.83. The molecule has 6 heteroatoms. The first-order valence-corrected chi connectivity index (χ1v) is 9.34. The SMILES string of the molecule is CCCCn1c(=O)c(C(=O)NCC2CCCCC2)nc2cccnc21. The first-order chi connectivity index (χ1) is 12.2. The summed E-state index contributed by atoms with van der Waals surface area (Å²) >= 11 is 0. The van der Waals surface area contributed by atoms with Crippen molar-refractivity contribution in [2.24, 2.45) is 5.92 Å². The number of unbranched alkanes of at least 4 members (excludes halogenated alkanes) is 1. The van der Waals surface area contributed by atoms with Crippen LogP contribution in [0.1, 0.15) is 62.4 Å². The normalized spacial score (nSPS) is 15.4. The molecule has 1 N–H and O–H groups in total. The van der Waals surface area contributed by atoms with Gasteiger partial charge in [0.05, 0.1) is 0 Å². The van der Waals surface area contributed by atoms with Crippen molar-refractivity contribution in [3.63, 3.8) is 0 Å². The monoisotopic (exact) mass is 342 g/mol. The molecule has 1 saturated carbocycles. The van der Waals surface area contributed by atoms with Gasteiger partial charge >= 0.3 is 0 Å². The Balaban J connectivity index is 1.85. The van der Waals surface area contributed by atoms with Gasteiger partial charge < -0.3 is 5.32 Å². The number of fused-ring (bicyclic) bond motifs is 1. The lowest BCUT2D eigenvalue weighted by Crippen LogP contribution is -2.37. The van der Waals surface area contributed by atoms with E-state index in [1.54, 1.807) is 22.9 Å². The van der Waals surface area contributed by atoms with E-state index in [2.05, 4.69) is 22.2 Å². The fourth-order valence-electron chi connectivity index (χ4n) is 3.46. The van der Waals surface area contributed by atoms with Gasteiger partial charge in [-0.1, -0.05) is 32.6 Å². The number of aryl methyl sites for hydroxylation is 1. The Morgan fingerprint density at radius 2 is 2.12 bits per heavy atom. The molecule has 2 aromatic heterocycles. The topological polar surface area (TPSA) is 76.9 Å². The summed E-state index contributed by atoms with van der Waals surface area (Å²) < 4.78 is 1.58. The van der Waals surface area contributed by atoms with Crippen molar-refractivity contribution < 1.29 is 4.79 Å². The van der Waals surface area contributed by atoms with Crippen LogP contribution in [0.15, 0.2) is 23.1 Å². The maximum Gasteiger partial charge on any atom is 0.283 e. The van der Waals surface area contributed by atoms with Gasteiger partial charge in [-0.25, -0.2) is 9.97 Å². The summed E-state index contributed by atoms with van der Waals surface area (Å²) in [6.07, 6.45) is 9.51. The summed E-state index contributed by atoms with van der Waals surface area (Å²) in [6.45, 7) is 3.24. The average Bonchev–Trinajstić information content (AvgIpc) is 2.66. The molecule has 2 heterocycles. The Morgan fingerprint density at radius 3 is 2.88 bits per heavy atom. The average molecular weight is 342 g/mol. The smallest absolute Gasteiger partial charge is 0.283 e. The minimum atomic E-state index is -0.369. The van der Waals surface area contributed by atoms with Crippen LogP contribution in [-0.2, 0) is 6.54 Å². The summed E-state index contributed by atoms with van der Waals surface area (Å²) in [5.74, 6) is 0.147. The number of carbonyl (C=O) groups is 1. The molecule has 0 aliphatic heterocycles. The van der Waals surface area contributed by atoms with Crippen LogP contribution in [0, 0.1) is 5.92 Å². The van der Waals surface area contributed by atoms with Crippen molar-refractivity contribution >= 4 is 17.1 Å². The summed E-state index contributed by atoms with van der Waals surface area (Å²) in [6, 6.07) is 3.57. The first kappa shape index (κ1) is 17.6. The number of aromatic nitrogens is 3. The highest BCUT2D eigenvalue weighted by Gasteiger charge is 2.20. The van der Waals surface area contributed by atoms with E-state index in [-0.39, 0.29) is 17.2 Å². The number of pyridine rings is 1. The molecule has 0 aromatic carbocycles. The molecule has 2 aromatic rings. The molecular formula is C19H26N4O2. The van der Waals surface area contributed by atoms with Gasteiger partial charge in [0.25, 0.3) is 11.5 Å². The second kappa shape index (κ2) is 8.23. The van der Waals surface area contributed by atoms with Crippen molar-refractivity contribution in [3.05, 3.63) is 34.4 Å². The maximum atomic E-state index is 12.8. The van der Waals surface area contributed by atoms with E-state index in [0.717, 1.165) is 25.7 Å². The second-order valence-corrected chi connectivity index (χ2v) is 6.83. The highest BCUT2D eigenvalue weighted by molar-refractivity contribution is 5.93. The van der Waals surface area contributed by atoms with E-state index < -0.39 is 0 Å². The lowest BCUT2D eigenvalue weighted by atomic mass is 9.89. The molecular weight excluding hydrogens is 316 g/mol. The number of carbonyl (C=O) groups excluding carboxylic acids is 1. The molecule has 6 nitrogen and oxygen atoms in total. The molecule has 0 radical (unpaired) electrons. The van der Waals surface area contributed by atoms with Gasteiger partial charge in [-0.15, -0.1) is 0 Å². The van der Waals surface area contributed by atoms with Crippen LogP contribution in [0.5, 0.6) is 0 Å². The van der Waals surface area contributed by atoms with Crippen molar-refractivity contribution in [2.45, 2.75) is 58.4 Å². The van der Waals surface area contributed by atoms with E-state index in [4.69, 9.17) is 0 Å². The van der Waals surface area contributed by atoms with Crippen LogP contribution in [0.3, 0.4) is 0 Å². The van der Waals surface area contributed by atoms with Crippen LogP contribution in [-0.4, -0.2) is 27.0 Å². The molecule has 1 fully saturated rings. The Bertz CT molecular complexity index is 794. The van der Waals surface area contributed by atoms with Gasteiger partial charge in [0.2, 0.25) is 0 Å². The molecule has 0 atom stereocenters. The maximum absolute atomic E-state index is 12.8. The highest BCUT2D eigenvalue weighted by Crippen LogP contribution is 2.22. The third-order valence-electron chi connectivity index (χ3n) is 4.93. The molecule has 25 heavy (non-hydrogen) atoms.